The normalized spacial score (nSPS) is 10.7. The van der Waals surface area contributed by atoms with E-state index in [1.807, 2.05) is 0 Å². The predicted octanol–water partition coefficient (Wildman–Crippen LogP) is 3.30. The predicted molar refractivity (Wildman–Crippen MR) is 56.6 cm³/mol. The van der Waals surface area contributed by atoms with Crippen molar-refractivity contribution in [2.24, 2.45) is 0 Å². The van der Waals surface area contributed by atoms with Gasteiger partial charge in [0.05, 0.1) is 14.7 Å². The second-order valence-electron chi connectivity index (χ2n) is 2.53. The fraction of sp³-hybridized carbons (Fsp3) is 0. The van der Waals surface area contributed by atoms with Crippen molar-refractivity contribution in [3.05, 3.63) is 27.2 Å². The molecule has 0 unspecified atom stereocenters. The second-order valence-corrected chi connectivity index (χ2v) is 4.35. The summed E-state index contributed by atoms with van der Waals surface area (Å²) in [4.78, 5) is 14.5. The molecular formula is C8H3Cl2NO2S. The number of aromatic carboxylic acids is 1. The lowest BCUT2D eigenvalue weighted by atomic mass is 10.3. The van der Waals surface area contributed by atoms with E-state index < -0.39 is 5.97 Å². The van der Waals surface area contributed by atoms with Crippen molar-refractivity contribution < 1.29 is 9.90 Å². The lowest BCUT2D eigenvalue weighted by Gasteiger charge is -1.93. The molecule has 0 amide bonds. The van der Waals surface area contributed by atoms with Crippen LogP contribution in [-0.2, 0) is 0 Å². The number of hydrogen-bond acceptors (Lipinski definition) is 3. The first-order valence-electron chi connectivity index (χ1n) is 3.57. The molecule has 0 bridgehead atoms. The molecule has 0 aliphatic rings. The minimum atomic E-state index is -1.06. The summed E-state index contributed by atoms with van der Waals surface area (Å²) in [6, 6.07) is 3.32. The first-order valence-corrected chi connectivity index (χ1v) is 5.14. The average Bonchev–Trinajstić information content (AvgIpc) is 2.56. The molecule has 3 nitrogen and oxygen atoms in total. The SMILES string of the molecule is O=C(O)c1nc2c(Cl)c(Cl)ccc2s1. The Bertz CT molecular complexity index is 523. The molecule has 1 aromatic heterocycles. The number of halogens is 2. The van der Waals surface area contributed by atoms with Crippen molar-refractivity contribution in [1.29, 1.82) is 0 Å². The van der Waals surface area contributed by atoms with Gasteiger partial charge in [-0.2, -0.15) is 0 Å². The highest BCUT2D eigenvalue weighted by Gasteiger charge is 2.13. The van der Waals surface area contributed by atoms with Gasteiger partial charge in [-0.3, -0.25) is 0 Å². The molecule has 0 saturated carbocycles. The van der Waals surface area contributed by atoms with Crippen molar-refractivity contribution in [1.82, 2.24) is 4.98 Å². The van der Waals surface area contributed by atoms with Gasteiger partial charge >= 0.3 is 5.97 Å². The zero-order chi connectivity index (χ0) is 10.3. The van der Waals surface area contributed by atoms with Gasteiger partial charge in [0.25, 0.3) is 0 Å². The first kappa shape index (κ1) is 9.71. The van der Waals surface area contributed by atoms with Gasteiger partial charge < -0.3 is 5.11 Å². The quantitative estimate of drug-likeness (QED) is 0.842. The van der Waals surface area contributed by atoms with Crippen LogP contribution < -0.4 is 0 Å². The Labute approximate surface area is 92.9 Å². The number of rotatable bonds is 1. The van der Waals surface area contributed by atoms with Gasteiger partial charge in [-0.1, -0.05) is 23.2 Å². The van der Waals surface area contributed by atoms with E-state index in [9.17, 15) is 4.79 Å². The number of aromatic nitrogens is 1. The van der Waals surface area contributed by atoms with Crippen LogP contribution in [-0.4, -0.2) is 16.1 Å². The smallest absolute Gasteiger partial charge is 0.365 e. The summed E-state index contributed by atoms with van der Waals surface area (Å²) in [5.74, 6) is -1.06. The molecule has 2 aromatic rings. The van der Waals surface area contributed by atoms with E-state index in [4.69, 9.17) is 28.3 Å². The summed E-state index contributed by atoms with van der Waals surface area (Å²) in [5.41, 5.74) is 0.446. The standard InChI is InChI=1S/C8H3Cl2NO2S/c9-3-1-2-4-6(5(3)10)11-7(14-4)8(12)13/h1-2H,(H,12,13). The number of benzene rings is 1. The summed E-state index contributed by atoms with van der Waals surface area (Å²) in [6.45, 7) is 0. The third-order valence-corrected chi connectivity index (χ3v) is 3.44. The zero-order valence-electron chi connectivity index (χ0n) is 6.62. The summed E-state index contributed by atoms with van der Waals surface area (Å²) in [5, 5.41) is 9.41. The Morgan fingerprint density at radius 2 is 2.14 bits per heavy atom. The van der Waals surface area contributed by atoms with Crippen molar-refractivity contribution >= 4 is 50.7 Å². The van der Waals surface area contributed by atoms with Crippen LogP contribution in [0.15, 0.2) is 12.1 Å². The van der Waals surface area contributed by atoms with Gasteiger partial charge in [-0.05, 0) is 12.1 Å². The van der Waals surface area contributed by atoms with Crippen LogP contribution in [0, 0.1) is 0 Å². The number of carboxylic acids is 1. The van der Waals surface area contributed by atoms with Crippen molar-refractivity contribution in [3.8, 4) is 0 Å². The molecule has 0 spiro atoms. The number of thiazole rings is 1. The van der Waals surface area contributed by atoms with Crippen molar-refractivity contribution in [3.63, 3.8) is 0 Å². The molecule has 0 atom stereocenters. The Hall–Kier alpha value is -0.840. The van der Waals surface area contributed by atoms with Crippen LogP contribution >= 0.6 is 34.5 Å². The van der Waals surface area contributed by atoms with E-state index in [1.165, 1.54) is 0 Å². The van der Waals surface area contributed by atoms with E-state index in [-0.39, 0.29) is 5.01 Å². The van der Waals surface area contributed by atoms with Crippen LogP contribution in [0.3, 0.4) is 0 Å². The van der Waals surface area contributed by atoms with E-state index in [2.05, 4.69) is 4.98 Å². The van der Waals surface area contributed by atoms with Gasteiger partial charge in [0.15, 0.2) is 0 Å². The molecule has 0 radical (unpaired) electrons. The summed E-state index contributed by atoms with van der Waals surface area (Å²) >= 11 is 12.7. The van der Waals surface area contributed by atoms with Crippen LogP contribution in [0.4, 0.5) is 0 Å². The second kappa shape index (κ2) is 3.38. The molecule has 0 fully saturated rings. The fourth-order valence-corrected chi connectivity index (χ4v) is 2.26. The monoisotopic (exact) mass is 247 g/mol. The molecule has 0 saturated heterocycles. The number of fused-ring (bicyclic) bond motifs is 1. The van der Waals surface area contributed by atoms with E-state index in [0.29, 0.717) is 15.6 Å². The van der Waals surface area contributed by atoms with Gasteiger partial charge in [-0.15, -0.1) is 11.3 Å². The van der Waals surface area contributed by atoms with E-state index >= 15 is 0 Å². The molecule has 2 rings (SSSR count). The van der Waals surface area contributed by atoms with E-state index in [1.54, 1.807) is 12.1 Å². The van der Waals surface area contributed by atoms with Gasteiger partial charge in [0, 0.05) is 0 Å². The summed E-state index contributed by atoms with van der Waals surface area (Å²) in [7, 11) is 0. The number of nitrogens with zero attached hydrogens (tertiary/aromatic N) is 1. The maximum Gasteiger partial charge on any atom is 0.365 e. The third-order valence-electron chi connectivity index (χ3n) is 1.63. The molecule has 1 aromatic carbocycles. The molecule has 0 aliphatic heterocycles. The van der Waals surface area contributed by atoms with Crippen LogP contribution in [0.25, 0.3) is 10.2 Å². The highest BCUT2D eigenvalue weighted by molar-refractivity contribution is 7.20. The first-order chi connectivity index (χ1) is 6.59. The van der Waals surface area contributed by atoms with Crippen molar-refractivity contribution in [2.45, 2.75) is 0 Å². The largest absolute Gasteiger partial charge is 0.476 e. The maximum absolute atomic E-state index is 10.6. The summed E-state index contributed by atoms with van der Waals surface area (Å²) < 4.78 is 0.719. The fourth-order valence-electron chi connectivity index (χ4n) is 1.03. The number of carboxylic acid groups (broad SMARTS) is 1. The number of hydrogen-bond donors (Lipinski definition) is 1. The molecule has 72 valence electrons. The van der Waals surface area contributed by atoms with E-state index in [0.717, 1.165) is 16.0 Å². The van der Waals surface area contributed by atoms with Gasteiger partial charge in [0.1, 0.15) is 5.52 Å². The molecular weight excluding hydrogens is 245 g/mol. The molecule has 0 aliphatic carbocycles. The molecule has 1 N–H and O–H groups in total. The topological polar surface area (TPSA) is 50.2 Å². The minimum Gasteiger partial charge on any atom is -0.476 e. The van der Waals surface area contributed by atoms with Crippen LogP contribution in [0.1, 0.15) is 9.80 Å². The van der Waals surface area contributed by atoms with Crippen LogP contribution in [0.5, 0.6) is 0 Å². The van der Waals surface area contributed by atoms with Crippen LogP contribution in [0.2, 0.25) is 10.0 Å². The third kappa shape index (κ3) is 1.45. The Morgan fingerprint density at radius 3 is 2.79 bits per heavy atom. The summed E-state index contributed by atoms with van der Waals surface area (Å²) in [6.07, 6.45) is 0. The van der Waals surface area contributed by atoms with Gasteiger partial charge in [-0.25, -0.2) is 9.78 Å². The zero-order valence-corrected chi connectivity index (χ0v) is 8.95. The highest BCUT2D eigenvalue weighted by Crippen LogP contribution is 2.33. The van der Waals surface area contributed by atoms with Gasteiger partial charge in [0.2, 0.25) is 5.01 Å². The van der Waals surface area contributed by atoms with Crippen molar-refractivity contribution in [2.75, 3.05) is 0 Å². The molecule has 1 heterocycles. The maximum atomic E-state index is 10.6. The Kier molecular flexibility index (Phi) is 2.34. The molecule has 6 heteroatoms. The highest BCUT2D eigenvalue weighted by atomic mass is 35.5. The lowest BCUT2D eigenvalue weighted by Crippen LogP contribution is -1.93. The number of carbonyl (C=O) groups is 1. The average molecular weight is 248 g/mol. The minimum absolute atomic E-state index is 0.0177. The lowest BCUT2D eigenvalue weighted by molar-refractivity contribution is 0.0696. The Morgan fingerprint density at radius 1 is 1.43 bits per heavy atom. The molecule has 14 heavy (non-hydrogen) atoms. The Balaban J connectivity index is 2.77.